The Morgan fingerprint density at radius 2 is 1.90 bits per heavy atom. The molecular formula is C18H24N2O. The number of ether oxygens (including phenoxy) is 1. The lowest BCUT2D eigenvalue weighted by molar-refractivity contribution is 0.342. The highest BCUT2D eigenvalue weighted by Crippen LogP contribution is 2.26. The first kappa shape index (κ1) is 15.2. The van der Waals surface area contributed by atoms with Gasteiger partial charge >= 0.3 is 0 Å². The van der Waals surface area contributed by atoms with Gasteiger partial charge in [-0.3, -0.25) is 0 Å². The second-order valence-corrected chi connectivity index (χ2v) is 5.26. The van der Waals surface area contributed by atoms with Gasteiger partial charge in [0.1, 0.15) is 5.75 Å². The predicted octanol–water partition coefficient (Wildman–Crippen LogP) is 4.10. The maximum absolute atomic E-state index is 5.89. The molecule has 0 aromatic heterocycles. The number of nitrogen functional groups attached to an aromatic ring is 1. The molecule has 3 nitrogen and oxygen atoms in total. The third-order valence-corrected chi connectivity index (χ3v) is 3.44. The van der Waals surface area contributed by atoms with Crippen molar-refractivity contribution in [2.75, 3.05) is 17.7 Å². The van der Waals surface area contributed by atoms with Gasteiger partial charge in [0, 0.05) is 17.8 Å². The zero-order valence-electron chi connectivity index (χ0n) is 12.8. The molecule has 3 heteroatoms. The van der Waals surface area contributed by atoms with Gasteiger partial charge in [0.25, 0.3) is 0 Å². The minimum atomic E-state index is 0.392. The van der Waals surface area contributed by atoms with Crippen LogP contribution in [0.2, 0.25) is 0 Å². The summed E-state index contributed by atoms with van der Waals surface area (Å²) >= 11 is 0. The number of nitrogens with two attached hydrogens (primary N) is 1. The molecule has 0 radical (unpaired) electrons. The summed E-state index contributed by atoms with van der Waals surface area (Å²) in [5, 5.41) is 3.50. The normalized spacial score (nSPS) is 11.9. The first-order valence-electron chi connectivity index (χ1n) is 7.52. The van der Waals surface area contributed by atoms with E-state index in [0.717, 1.165) is 24.3 Å². The Labute approximate surface area is 127 Å². The largest absolute Gasteiger partial charge is 0.492 e. The molecule has 0 spiro atoms. The number of anilines is 2. The fraction of sp³-hybridized carbons (Fsp3) is 0.333. The number of benzene rings is 2. The zero-order valence-corrected chi connectivity index (χ0v) is 12.8. The van der Waals surface area contributed by atoms with E-state index in [4.69, 9.17) is 10.5 Å². The van der Waals surface area contributed by atoms with Gasteiger partial charge in [-0.15, -0.1) is 0 Å². The first-order valence-corrected chi connectivity index (χ1v) is 7.52. The van der Waals surface area contributed by atoms with E-state index in [9.17, 15) is 0 Å². The number of hydrogen-bond acceptors (Lipinski definition) is 3. The monoisotopic (exact) mass is 284 g/mol. The Morgan fingerprint density at radius 1 is 1.14 bits per heavy atom. The van der Waals surface area contributed by atoms with E-state index in [1.807, 2.05) is 25.1 Å². The number of rotatable bonds is 7. The molecule has 0 saturated carbocycles. The van der Waals surface area contributed by atoms with Crippen molar-refractivity contribution in [1.29, 1.82) is 0 Å². The van der Waals surface area contributed by atoms with Crippen molar-refractivity contribution in [2.24, 2.45) is 0 Å². The van der Waals surface area contributed by atoms with Crippen LogP contribution in [-0.2, 0) is 6.42 Å². The van der Waals surface area contributed by atoms with E-state index in [2.05, 4.69) is 42.6 Å². The average molecular weight is 284 g/mol. The highest BCUT2D eigenvalue weighted by atomic mass is 16.5. The van der Waals surface area contributed by atoms with Gasteiger partial charge < -0.3 is 15.8 Å². The molecule has 112 valence electrons. The molecule has 0 amide bonds. The zero-order chi connectivity index (χ0) is 15.1. The molecule has 2 aromatic rings. The minimum absolute atomic E-state index is 0.392. The van der Waals surface area contributed by atoms with Crippen LogP contribution in [0.1, 0.15) is 25.8 Å². The van der Waals surface area contributed by atoms with Gasteiger partial charge in [0.05, 0.1) is 12.3 Å². The molecule has 21 heavy (non-hydrogen) atoms. The summed E-state index contributed by atoms with van der Waals surface area (Å²) in [6.07, 6.45) is 2.15. The SMILES string of the molecule is CCOc1cc(NC(C)CCc2ccccc2)ccc1N. The standard InChI is InChI=1S/C18H24N2O/c1-3-21-18-13-16(11-12-17(18)19)20-14(2)9-10-15-7-5-4-6-8-15/h4-8,11-14,20H,3,9-10,19H2,1-2H3. The van der Waals surface area contributed by atoms with Crippen LogP contribution in [0.3, 0.4) is 0 Å². The molecule has 1 unspecified atom stereocenters. The Bertz CT molecular complexity index is 554. The summed E-state index contributed by atoms with van der Waals surface area (Å²) in [7, 11) is 0. The van der Waals surface area contributed by atoms with Crippen molar-refractivity contribution in [3.63, 3.8) is 0 Å². The van der Waals surface area contributed by atoms with Crippen molar-refractivity contribution in [3.05, 3.63) is 54.1 Å². The van der Waals surface area contributed by atoms with E-state index in [0.29, 0.717) is 18.3 Å². The second-order valence-electron chi connectivity index (χ2n) is 5.26. The minimum Gasteiger partial charge on any atom is -0.492 e. The molecule has 1 atom stereocenters. The average Bonchev–Trinajstić information content (AvgIpc) is 2.50. The molecule has 3 N–H and O–H groups in total. The van der Waals surface area contributed by atoms with Gasteiger partial charge in [-0.25, -0.2) is 0 Å². The van der Waals surface area contributed by atoms with Crippen LogP contribution < -0.4 is 15.8 Å². The number of aryl methyl sites for hydroxylation is 1. The summed E-state index contributed by atoms with van der Waals surface area (Å²) < 4.78 is 5.52. The Hall–Kier alpha value is -2.16. The van der Waals surface area contributed by atoms with Gasteiger partial charge in [0.2, 0.25) is 0 Å². The van der Waals surface area contributed by atoms with Gasteiger partial charge in [-0.2, -0.15) is 0 Å². The highest BCUT2D eigenvalue weighted by molar-refractivity contribution is 5.61. The van der Waals surface area contributed by atoms with E-state index in [-0.39, 0.29) is 0 Å². The number of nitrogens with one attached hydrogen (secondary N) is 1. The molecule has 0 fully saturated rings. The highest BCUT2D eigenvalue weighted by Gasteiger charge is 2.06. The van der Waals surface area contributed by atoms with Crippen LogP contribution in [0.5, 0.6) is 5.75 Å². The number of hydrogen-bond donors (Lipinski definition) is 2. The van der Waals surface area contributed by atoms with Crippen LogP contribution in [0.15, 0.2) is 48.5 Å². The lowest BCUT2D eigenvalue weighted by atomic mass is 10.1. The first-order chi connectivity index (χ1) is 10.2. The molecule has 0 aliphatic carbocycles. The van der Waals surface area contributed by atoms with Gasteiger partial charge in [0.15, 0.2) is 0 Å². The Kier molecular flexibility index (Phi) is 5.50. The van der Waals surface area contributed by atoms with Crippen LogP contribution in [0, 0.1) is 0 Å². The van der Waals surface area contributed by atoms with Crippen molar-refractivity contribution < 1.29 is 4.74 Å². The third-order valence-electron chi connectivity index (χ3n) is 3.44. The third kappa shape index (κ3) is 4.71. The molecule has 0 aliphatic heterocycles. The van der Waals surface area contributed by atoms with E-state index in [1.54, 1.807) is 0 Å². The fourth-order valence-corrected chi connectivity index (χ4v) is 2.29. The van der Waals surface area contributed by atoms with Crippen molar-refractivity contribution in [1.82, 2.24) is 0 Å². The molecule has 0 bridgehead atoms. The Morgan fingerprint density at radius 3 is 2.62 bits per heavy atom. The van der Waals surface area contributed by atoms with Crippen LogP contribution >= 0.6 is 0 Å². The lowest BCUT2D eigenvalue weighted by Crippen LogP contribution is -2.16. The van der Waals surface area contributed by atoms with Crippen LogP contribution in [-0.4, -0.2) is 12.6 Å². The molecule has 0 heterocycles. The molecule has 0 saturated heterocycles. The van der Waals surface area contributed by atoms with Crippen LogP contribution in [0.25, 0.3) is 0 Å². The van der Waals surface area contributed by atoms with Crippen molar-refractivity contribution >= 4 is 11.4 Å². The van der Waals surface area contributed by atoms with E-state index >= 15 is 0 Å². The molecule has 2 aromatic carbocycles. The van der Waals surface area contributed by atoms with Gasteiger partial charge in [-0.05, 0) is 44.4 Å². The lowest BCUT2D eigenvalue weighted by Gasteiger charge is -2.17. The molecule has 0 aliphatic rings. The Balaban J connectivity index is 1.90. The predicted molar refractivity (Wildman–Crippen MR) is 89.9 cm³/mol. The van der Waals surface area contributed by atoms with E-state index in [1.165, 1.54) is 5.56 Å². The van der Waals surface area contributed by atoms with Crippen molar-refractivity contribution in [3.8, 4) is 5.75 Å². The quantitative estimate of drug-likeness (QED) is 0.752. The van der Waals surface area contributed by atoms with Crippen molar-refractivity contribution in [2.45, 2.75) is 32.7 Å². The maximum Gasteiger partial charge on any atom is 0.144 e. The smallest absolute Gasteiger partial charge is 0.144 e. The summed E-state index contributed by atoms with van der Waals surface area (Å²) in [6, 6.07) is 16.8. The maximum atomic E-state index is 5.89. The summed E-state index contributed by atoms with van der Waals surface area (Å²) in [5.74, 6) is 0.748. The second kappa shape index (κ2) is 7.58. The van der Waals surface area contributed by atoms with Crippen LogP contribution in [0.4, 0.5) is 11.4 Å². The van der Waals surface area contributed by atoms with Gasteiger partial charge in [-0.1, -0.05) is 30.3 Å². The topological polar surface area (TPSA) is 47.3 Å². The summed E-state index contributed by atoms with van der Waals surface area (Å²) in [4.78, 5) is 0. The molecule has 2 rings (SSSR count). The fourth-order valence-electron chi connectivity index (χ4n) is 2.29. The summed E-state index contributed by atoms with van der Waals surface area (Å²) in [5.41, 5.74) is 8.99. The molecular weight excluding hydrogens is 260 g/mol. The van der Waals surface area contributed by atoms with E-state index < -0.39 is 0 Å². The summed E-state index contributed by atoms with van der Waals surface area (Å²) in [6.45, 7) is 4.78.